The molecule has 1 aliphatic carbocycles. The highest BCUT2D eigenvalue weighted by Crippen LogP contribution is 2.39. The van der Waals surface area contributed by atoms with E-state index >= 15 is 0 Å². The lowest BCUT2D eigenvalue weighted by molar-refractivity contribution is 0.686. The van der Waals surface area contributed by atoms with Crippen molar-refractivity contribution in [2.45, 2.75) is 38.5 Å². The highest BCUT2D eigenvalue weighted by atomic mass is 32.1. The minimum atomic E-state index is 0.882. The van der Waals surface area contributed by atoms with Crippen LogP contribution in [0.4, 0.5) is 17.2 Å². The van der Waals surface area contributed by atoms with Crippen molar-refractivity contribution >= 4 is 38.7 Å². The molecule has 4 aromatic rings. The van der Waals surface area contributed by atoms with Crippen molar-refractivity contribution in [3.63, 3.8) is 0 Å². The molecule has 3 heterocycles. The second-order valence-corrected chi connectivity index (χ2v) is 9.47. The van der Waals surface area contributed by atoms with Gasteiger partial charge in [0.25, 0.3) is 0 Å². The van der Waals surface area contributed by atoms with Crippen molar-refractivity contribution < 1.29 is 0 Å². The van der Waals surface area contributed by atoms with Crippen LogP contribution < -0.4 is 10.2 Å². The van der Waals surface area contributed by atoms with Gasteiger partial charge in [0, 0.05) is 35.4 Å². The lowest BCUT2D eigenvalue weighted by atomic mass is 9.89. The highest BCUT2D eigenvalue weighted by Gasteiger charge is 2.17. The fraction of sp³-hybridized carbons (Fsp3) is 0.308. The molecule has 2 aromatic carbocycles. The molecule has 1 saturated heterocycles. The topological polar surface area (TPSA) is 41.1 Å². The van der Waals surface area contributed by atoms with Crippen LogP contribution >= 0.6 is 11.3 Å². The number of rotatable bonds is 4. The smallest absolute Gasteiger partial charge is 0.143 e. The van der Waals surface area contributed by atoms with Crippen molar-refractivity contribution in [3.8, 4) is 11.1 Å². The van der Waals surface area contributed by atoms with E-state index in [0.717, 1.165) is 21.7 Å². The van der Waals surface area contributed by atoms with Crippen LogP contribution in [0.2, 0.25) is 0 Å². The molecular weight excluding hydrogens is 400 g/mol. The molecule has 6 rings (SSSR count). The maximum atomic E-state index is 4.62. The summed E-state index contributed by atoms with van der Waals surface area (Å²) in [4.78, 5) is 12.7. The van der Waals surface area contributed by atoms with Crippen molar-refractivity contribution in [1.29, 1.82) is 0 Å². The Labute approximate surface area is 187 Å². The molecule has 31 heavy (non-hydrogen) atoms. The van der Waals surface area contributed by atoms with E-state index in [-0.39, 0.29) is 0 Å². The standard InChI is InChI=1S/C26H26N4S/c1-2-6-19-15-20(8-7-18(19)5-1)23-16-31-26-24(23)25(27-17-28-26)29-21-9-11-22(12-10-21)30-13-3-4-14-30/h7-12,15-17H,1-6,13-14H2,(H,27,28,29). The Morgan fingerprint density at radius 2 is 1.65 bits per heavy atom. The first-order chi connectivity index (χ1) is 15.3. The van der Waals surface area contributed by atoms with Crippen molar-refractivity contribution in [2.24, 2.45) is 0 Å². The Hall–Kier alpha value is -2.92. The summed E-state index contributed by atoms with van der Waals surface area (Å²) in [5.74, 6) is 0.882. The number of hydrogen-bond acceptors (Lipinski definition) is 5. The van der Waals surface area contributed by atoms with Gasteiger partial charge in [0.1, 0.15) is 17.0 Å². The normalized spacial score (nSPS) is 15.9. The van der Waals surface area contributed by atoms with Gasteiger partial charge < -0.3 is 10.2 Å². The summed E-state index contributed by atoms with van der Waals surface area (Å²) in [5.41, 5.74) is 7.89. The van der Waals surface area contributed by atoms with Gasteiger partial charge in [-0.1, -0.05) is 18.2 Å². The summed E-state index contributed by atoms with van der Waals surface area (Å²) in [6.45, 7) is 2.33. The first-order valence-corrected chi connectivity index (χ1v) is 12.2. The van der Waals surface area contributed by atoms with E-state index in [1.54, 1.807) is 17.7 Å². The fourth-order valence-corrected chi connectivity index (χ4v) is 5.87. The SMILES string of the molecule is c1nc(Nc2ccc(N3CCCC3)cc2)c2c(-c3ccc4c(c3)CCCC4)csc2n1. The molecule has 1 N–H and O–H groups in total. The number of nitrogens with zero attached hydrogens (tertiary/aromatic N) is 3. The summed E-state index contributed by atoms with van der Waals surface area (Å²) in [6, 6.07) is 15.7. The molecule has 0 amide bonds. The molecule has 1 aliphatic heterocycles. The zero-order valence-corrected chi connectivity index (χ0v) is 18.4. The molecule has 4 nitrogen and oxygen atoms in total. The Morgan fingerprint density at radius 3 is 2.48 bits per heavy atom. The van der Waals surface area contributed by atoms with Crippen LogP contribution in [0.5, 0.6) is 0 Å². The van der Waals surface area contributed by atoms with Crippen molar-refractivity contribution in [3.05, 3.63) is 65.3 Å². The van der Waals surface area contributed by atoms with Crippen LogP contribution in [-0.4, -0.2) is 23.1 Å². The van der Waals surface area contributed by atoms with Crippen LogP contribution in [0, 0.1) is 0 Å². The zero-order chi connectivity index (χ0) is 20.6. The number of hydrogen-bond donors (Lipinski definition) is 1. The maximum Gasteiger partial charge on any atom is 0.143 e. The summed E-state index contributed by atoms with van der Waals surface area (Å²) in [5, 5.41) is 6.91. The van der Waals surface area contributed by atoms with E-state index in [2.05, 4.69) is 68.0 Å². The Balaban J connectivity index is 1.34. The number of nitrogens with one attached hydrogen (secondary N) is 1. The van der Waals surface area contributed by atoms with Crippen LogP contribution in [0.1, 0.15) is 36.8 Å². The number of aryl methyl sites for hydroxylation is 2. The average Bonchev–Trinajstić information content (AvgIpc) is 3.50. The summed E-state index contributed by atoms with van der Waals surface area (Å²) in [6.07, 6.45) is 9.26. The lowest BCUT2D eigenvalue weighted by Gasteiger charge is -2.18. The van der Waals surface area contributed by atoms with Gasteiger partial charge in [-0.2, -0.15) is 0 Å². The molecule has 0 unspecified atom stereocenters. The zero-order valence-electron chi connectivity index (χ0n) is 17.6. The van der Waals surface area contributed by atoms with Crippen LogP contribution in [0.25, 0.3) is 21.3 Å². The van der Waals surface area contributed by atoms with E-state index in [9.17, 15) is 0 Å². The molecule has 0 saturated carbocycles. The van der Waals surface area contributed by atoms with Gasteiger partial charge in [-0.25, -0.2) is 9.97 Å². The Bertz CT molecular complexity index is 1220. The number of thiophene rings is 1. The van der Waals surface area contributed by atoms with Crippen molar-refractivity contribution in [1.82, 2.24) is 9.97 Å². The van der Waals surface area contributed by atoms with Gasteiger partial charge in [0.2, 0.25) is 0 Å². The van der Waals surface area contributed by atoms with Crippen LogP contribution in [0.15, 0.2) is 54.2 Å². The Kier molecular flexibility index (Phi) is 4.84. The molecule has 0 spiro atoms. The third-order valence-corrected chi connectivity index (χ3v) is 7.52. The van der Waals surface area contributed by atoms with E-state index < -0.39 is 0 Å². The summed E-state index contributed by atoms with van der Waals surface area (Å²) in [7, 11) is 0. The van der Waals surface area contributed by atoms with Crippen molar-refractivity contribution in [2.75, 3.05) is 23.3 Å². The predicted molar refractivity (Wildman–Crippen MR) is 131 cm³/mol. The molecule has 2 aromatic heterocycles. The number of benzene rings is 2. The van der Waals surface area contributed by atoms with Gasteiger partial charge in [-0.3, -0.25) is 0 Å². The third-order valence-electron chi connectivity index (χ3n) is 6.63. The van der Waals surface area contributed by atoms with E-state index in [4.69, 9.17) is 0 Å². The highest BCUT2D eigenvalue weighted by molar-refractivity contribution is 7.17. The molecule has 156 valence electrons. The molecule has 2 aliphatic rings. The Morgan fingerprint density at radius 1 is 0.839 bits per heavy atom. The monoisotopic (exact) mass is 426 g/mol. The quantitative estimate of drug-likeness (QED) is 0.400. The van der Waals surface area contributed by atoms with Crippen LogP contribution in [0.3, 0.4) is 0 Å². The maximum absolute atomic E-state index is 4.62. The second-order valence-electron chi connectivity index (χ2n) is 8.61. The van der Waals surface area contributed by atoms with Gasteiger partial charge in [-0.15, -0.1) is 11.3 Å². The minimum Gasteiger partial charge on any atom is -0.372 e. The third kappa shape index (κ3) is 3.57. The number of aromatic nitrogens is 2. The van der Waals surface area contributed by atoms with E-state index in [1.165, 1.54) is 79.6 Å². The minimum absolute atomic E-state index is 0.882. The number of fused-ring (bicyclic) bond motifs is 2. The molecule has 0 radical (unpaired) electrons. The van der Waals surface area contributed by atoms with Gasteiger partial charge in [0.05, 0.1) is 5.39 Å². The summed E-state index contributed by atoms with van der Waals surface area (Å²) < 4.78 is 0. The largest absolute Gasteiger partial charge is 0.372 e. The van der Waals surface area contributed by atoms with E-state index in [0.29, 0.717) is 0 Å². The molecule has 0 atom stereocenters. The van der Waals surface area contributed by atoms with Crippen LogP contribution in [-0.2, 0) is 12.8 Å². The van der Waals surface area contributed by atoms with Gasteiger partial charge in [-0.05, 0) is 79.5 Å². The number of anilines is 3. The van der Waals surface area contributed by atoms with E-state index in [1.807, 2.05) is 0 Å². The summed E-state index contributed by atoms with van der Waals surface area (Å²) >= 11 is 1.69. The molecule has 1 fully saturated rings. The van der Waals surface area contributed by atoms with Gasteiger partial charge >= 0.3 is 0 Å². The second kappa shape index (κ2) is 7.97. The fourth-order valence-electron chi connectivity index (χ4n) is 4.95. The van der Waals surface area contributed by atoms with Gasteiger partial charge in [0.15, 0.2) is 0 Å². The lowest BCUT2D eigenvalue weighted by Crippen LogP contribution is -2.17. The molecule has 0 bridgehead atoms. The average molecular weight is 427 g/mol. The molecular formula is C26H26N4S. The first-order valence-electron chi connectivity index (χ1n) is 11.3. The molecule has 5 heteroatoms. The predicted octanol–water partition coefficient (Wildman–Crippen LogP) is 6.58. The first kappa shape index (κ1) is 18.8.